The van der Waals surface area contributed by atoms with E-state index in [2.05, 4.69) is 4.74 Å². The Morgan fingerprint density at radius 3 is 2.38 bits per heavy atom. The molecule has 0 atom stereocenters. The molecular weight excluding hydrogens is 245 g/mol. The quantitative estimate of drug-likeness (QED) is 0.716. The first-order valence-electron chi connectivity index (χ1n) is 4.23. The Bertz CT molecular complexity index is 427. The van der Waals surface area contributed by atoms with E-state index in [1.165, 1.54) is 6.92 Å². The fourth-order valence-electron chi connectivity index (χ4n) is 1.23. The number of methoxy groups -OCH3 is 1. The second kappa shape index (κ2) is 4.33. The van der Waals surface area contributed by atoms with Gasteiger partial charge in [-0.05, 0) is 24.6 Å². The predicted octanol–water partition coefficient (Wildman–Crippen LogP) is 3.45. The molecule has 0 aliphatic heterocycles. The summed E-state index contributed by atoms with van der Waals surface area (Å²) in [5.41, 5.74) is -0.761. The molecule has 0 saturated heterocycles. The first kappa shape index (κ1) is 12.8. The van der Waals surface area contributed by atoms with Crippen molar-refractivity contribution in [1.29, 1.82) is 0 Å². The molecule has 0 saturated carbocycles. The summed E-state index contributed by atoms with van der Waals surface area (Å²) < 4.78 is 41.7. The van der Waals surface area contributed by atoms with Gasteiger partial charge in [-0.25, -0.2) is 4.79 Å². The molecule has 1 aromatic carbocycles. The largest absolute Gasteiger partial charge is 0.465 e. The van der Waals surface area contributed by atoms with Crippen LogP contribution in [0.1, 0.15) is 21.5 Å². The van der Waals surface area contributed by atoms with Crippen LogP contribution in [-0.2, 0) is 10.9 Å². The molecule has 0 N–H and O–H groups in total. The lowest BCUT2D eigenvalue weighted by molar-refractivity contribution is -0.137. The molecule has 0 aliphatic carbocycles. The van der Waals surface area contributed by atoms with Gasteiger partial charge in [0, 0.05) is 0 Å². The Balaban J connectivity index is 3.33. The zero-order valence-electron chi connectivity index (χ0n) is 8.48. The number of ether oxygens (including phenoxy) is 1. The zero-order valence-corrected chi connectivity index (χ0v) is 9.24. The van der Waals surface area contributed by atoms with Crippen LogP contribution < -0.4 is 0 Å². The molecule has 16 heavy (non-hydrogen) atoms. The Morgan fingerprint density at radius 2 is 1.94 bits per heavy atom. The third-order valence-electron chi connectivity index (χ3n) is 2.02. The number of hydrogen-bond acceptors (Lipinski definition) is 2. The van der Waals surface area contributed by atoms with Crippen molar-refractivity contribution >= 4 is 17.6 Å². The maximum Gasteiger partial charge on any atom is 0.417 e. The molecule has 88 valence electrons. The van der Waals surface area contributed by atoms with Gasteiger partial charge in [-0.1, -0.05) is 11.6 Å². The summed E-state index contributed by atoms with van der Waals surface area (Å²) in [5.74, 6) is -0.715. The van der Waals surface area contributed by atoms with E-state index in [4.69, 9.17) is 11.6 Å². The maximum atomic E-state index is 12.4. The molecule has 0 amide bonds. The number of carbonyl (C=O) groups is 1. The van der Waals surface area contributed by atoms with E-state index in [1.807, 2.05) is 0 Å². The zero-order chi connectivity index (χ0) is 12.5. The van der Waals surface area contributed by atoms with Crippen LogP contribution in [0, 0.1) is 6.92 Å². The van der Waals surface area contributed by atoms with Crippen molar-refractivity contribution in [3.63, 3.8) is 0 Å². The molecule has 0 bridgehead atoms. The number of benzene rings is 1. The minimum atomic E-state index is -4.53. The number of aryl methyl sites for hydroxylation is 1. The van der Waals surface area contributed by atoms with Crippen LogP contribution >= 0.6 is 11.6 Å². The van der Waals surface area contributed by atoms with E-state index in [0.29, 0.717) is 0 Å². The van der Waals surface area contributed by atoms with Crippen LogP contribution in [0.5, 0.6) is 0 Å². The van der Waals surface area contributed by atoms with E-state index in [1.54, 1.807) is 0 Å². The summed E-state index contributed by atoms with van der Waals surface area (Å²) >= 11 is 5.46. The first-order valence-corrected chi connectivity index (χ1v) is 4.61. The highest BCUT2D eigenvalue weighted by molar-refractivity contribution is 6.31. The number of alkyl halides is 3. The Morgan fingerprint density at radius 1 is 1.38 bits per heavy atom. The highest BCUT2D eigenvalue weighted by atomic mass is 35.5. The van der Waals surface area contributed by atoms with E-state index in [-0.39, 0.29) is 11.1 Å². The highest BCUT2D eigenvalue weighted by Crippen LogP contribution is 2.36. The fraction of sp³-hybridized carbons (Fsp3) is 0.300. The number of carbonyl (C=O) groups excluding carboxylic acids is 1. The molecular formula is C10H8ClF3O2. The van der Waals surface area contributed by atoms with Crippen LogP contribution in [0.25, 0.3) is 0 Å². The molecule has 1 aromatic rings. The van der Waals surface area contributed by atoms with Gasteiger partial charge in [0.1, 0.15) is 0 Å². The van der Waals surface area contributed by atoms with E-state index >= 15 is 0 Å². The maximum absolute atomic E-state index is 12.4. The van der Waals surface area contributed by atoms with E-state index in [0.717, 1.165) is 19.2 Å². The van der Waals surface area contributed by atoms with Crippen molar-refractivity contribution in [1.82, 2.24) is 0 Å². The van der Waals surface area contributed by atoms with Crippen LogP contribution in [0.2, 0.25) is 5.02 Å². The summed E-state index contributed by atoms with van der Waals surface area (Å²) in [4.78, 5) is 11.2. The van der Waals surface area contributed by atoms with Gasteiger partial charge in [-0.2, -0.15) is 13.2 Å². The van der Waals surface area contributed by atoms with Crippen molar-refractivity contribution in [3.8, 4) is 0 Å². The van der Waals surface area contributed by atoms with Gasteiger partial charge in [0.2, 0.25) is 0 Å². The van der Waals surface area contributed by atoms with Crippen LogP contribution in [-0.4, -0.2) is 13.1 Å². The standard InChI is InChI=1S/C10H8ClF3O2/c1-5-3-7(10(12,13)14)8(11)4-6(5)9(15)16-2/h3-4H,1-2H3. The van der Waals surface area contributed by atoms with Gasteiger partial charge in [-0.3, -0.25) is 0 Å². The van der Waals surface area contributed by atoms with Gasteiger partial charge >= 0.3 is 12.1 Å². The van der Waals surface area contributed by atoms with Gasteiger partial charge < -0.3 is 4.74 Å². The molecule has 0 aliphatic rings. The summed E-state index contributed by atoms with van der Waals surface area (Å²) in [7, 11) is 1.15. The minimum Gasteiger partial charge on any atom is -0.465 e. The summed E-state index contributed by atoms with van der Waals surface area (Å²) in [6.07, 6.45) is -4.53. The van der Waals surface area contributed by atoms with Crippen LogP contribution in [0.4, 0.5) is 13.2 Å². The normalized spacial score (nSPS) is 11.4. The molecule has 0 radical (unpaired) electrons. The SMILES string of the molecule is COC(=O)c1cc(Cl)c(C(F)(F)F)cc1C. The van der Waals surface area contributed by atoms with Crippen molar-refractivity contribution in [3.05, 3.63) is 33.8 Å². The molecule has 0 unspecified atom stereocenters. The van der Waals surface area contributed by atoms with E-state index in [9.17, 15) is 18.0 Å². The van der Waals surface area contributed by atoms with E-state index < -0.39 is 22.7 Å². The number of hydrogen-bond donors (Lipinski definition) is 0. The number of halogens is 4. The number of rotatable bonds is 1. The average Bonchev–Trinajstić information content (AvgIpc) is 2.18. The molecule has 0 spiro atoms. The van der Waals surface area contributed by atoms with Gasteiger partial charge in [0.05, 0.1) is 23.3 Å². The lowest BCUT2D eigenvalue weighted by Gasteiger charge is -2.12. The summed E-state index contributed by atoms with van der Waals surface area (Å²) in [6.45, 7) is 1.39. The Kier molecular flexibility index (Phi) is 3.48. The highest BCUT2D eigenvalue weighted by Gasteiger charge is 2.34. The smallest absolute Gasteiger partial charge is 0.417 e. The molecule has 0 aromatic heterocycles. The summed E-state index contributed by atoms with van der Waals surface area (Å²) in [5, 5.41) is -0.515. The van der Waals surface area contributed by atoms with Crippen LogP contribution in [0.3, 0.4) is 0 Å². The van der Waals surface area contributed by atoms with Crippen molar-refractivity contribution < 1.29 is 22.7 Å². The Hall–Kier alpha value is -1.23. The Labute approximate surface area is 95.0 Å². The van der Waals surface area contributed by atoms with Crippen LogP contribution in [0.15, 0.2) is 12.1 Å². The summed E-state index contributed by atoms with van der Waals surface area (Å²) in [6, 6.07) is 1.79. The lowest BCUT2D eigenvalue weighted by atomic mass is 10.0. The van der Waals surface area contributed by atoms with Gasteiger partial charge in [0.25, 0.3) is 0 Å². The average molecular weight is 253 g/mol. The third kappa shape index (κ3) is 2.47. The molecule has 1 rings (SSSR count). The lowest BCUT2D eigenvalue weighted by Crippen LogP contribution is -2.10. The van der Waals surface area contributed by atoms with Crippen molar-refractivity contribution in [2.75, 3.05) is 7.11 Å². The van der Waals surface area contributed by atoms with Gasteiger partial charge in [0.15, 0.2) is 0 Å². The minimum absolute atomic E-state index is 0.0282. The molecule has 0 fully saturated rings. The second-order valence-electron chi connectivity index (χ2n) is 3.14. The molecule has 0 heterocycles. The first-order chi connectivity index (χ1) is 7.27. The molecule has 6 heteroatoms. The van der Waals surface area contributed by atoms with Gasteiger partial charge in [-0.15, -0.1) is 0 Å². The predicted molar refractivity (Wildman–Crippen MR) is 52.5 cm³/mol. The van der Waals surface area contributed by atoms with Crippen molar-refractivity contribution in [2.45, 2.75) is 13.1 Å². The second-order valence-corrected chi connectivity index (χ2v) is 3.54. The van der Waals surface area contributed by atoms with Crippen molar-refractivity contribution in [2.24, 2.45) is 0 Å². The number of esters is 1. The third-order valence-corrected chi connectivity index (χ3v) is 2.34. The topological polar surface area (TPSA) is 26.3 Å². The fourth-order valence-corrected chi connectivity index (χ4v) is 1.50. The monoisotopic (exact) mass is 252 g/mol. The molecule has 2 nitrogen and oxygen atoms in total.